The summed E-state index contributed by atoms with van der Waals surface area (Å²) in [5.74, 6) is -5.08. The Kier molecular flexibility index (Phi) is 3.02. The Bertz CT molecular complexity index is 640. The molecule has 0 atom stereocenters. The molecule has 1 heterocycles. The minimum Gasteiger partial charge on any atom is -0.269 e. The summed E-state index contributed by atoms with van der Waals surface area (Å²) >= 11 is 0. The van der Waals surface area contributed by atoms with Gasteiger partial charge in [0.15, 0.2) is 0 Å². The molecule has 4 amide bonds. The molecule has 1 aromatic rings. The van der Waals surface area contributed by atoms with Crippen molar-refractivity contribution < 1.29 is 24.1 Å². The number of carbonyl (C=O) groups is 4. The van der Waals surface area contributed by atoms with Crippen LogP contribution >= 0.6 is 0 Å². The Morgan fingerprint density at radius 3 is 1.95 bits per heavy atom. The molecule has 0 spiro atoms. The standard InChI is InChI=1S/C11H7N3O6/c1-12-8(15)10(17)13(11(18)9(12)16)6-4-2-3-5-7(6)14(19)20/h2-5H,1H3. The fourth-order valence-electron chi connectivity index (χ4n) is 1.69. The van der Waals surface area contributed by atoms with Crippen molar-refractivity contribution in [3.05, 3.63) is 34.4 Å². The first-order valence-electron chi connectivity index (χ1n) is 5.30. The number of anilines is 1. The van der Waals surface area contributed by atoms with Crippen molar-refractivity contribution in [1.82, 2.24) is 4.90 Å². The van der Waals surface area contributed by atoms with Crippen LogP contribution in [0.5, 0.6) is 0 Å². The van der Waals surface area contributed by atoms with Crippen LogP contribution < -0.4 is 4.90 Å². The maximum absolute atomic E-state index is 11.8. The van der Waals surface area contributed by atoms with Gasteiger partial charge in [0.2, 0.25) is 0 Å². The molecule has 1 fully saturated rings. The molecule has 0 saturated carbocycles. The minimum absolute atomic E-state index is 0.225. The molecule has 102 valence electrons. The third-order valence-electron chi connectivity index (χ3n) is 2.70. The van der Waals surface area contributed by atoms with E-state index >= 15 is 0 Å². The van der Waals surface area contributed by atoms with Crippen LogP contribution in [0, 0.1) is 10.1 Å². The number of hydrogen-bond acceptors (Lipinski definition) is 6. The summed E-state index contributed by atoms with van der Waals surface area (Å²) in [6.07, 6.45) is 0. The molecule has 0 radical (unpaired) electrons. The Morgan fingerprint density at radius 1 is 0.950 bits per heavy atom. The van der Waals surface area contributed by atoms with Gasteiger partial charge in [0.05, 0.1) is 4.92 Å². The molecule has 1 aliphatic heterocycles. The molecule has 20 heavy (non-hydrogen) atoms. The number of benzene rings is 1. The van der Waals surface area contributed by atoms with Crippen molar-refractivity contribution in [2.24, 2.45) is 0 Å². The normalized spacial score (nSPS) is 15.8. The molecule has 9 nitrogen and oxygen atoms in total. The molecule has 0 aliphatic carbocycles. The molecule has 0 N–H and O–H groups in total. The van der Waals surface area contributed by atoms with Gasteiger partial charge < -0.3 is 0 Å². The van der Waals surface area contributed by atoms with E-state index in [1.165, 1.54) is 12.1 Å². The van der Waals surface area contributed by atoms with Crippen LogP contribution in [0.1, 0.15) is 0 Å². The number of nitrogens with zero attached hydrogens (tertiary/aromatic N) is 3. The predicted octanol–water partition coefficient (Wildman–Crippen LogP) is -0.547. The van der Waals surface area contributed by atoms with E-state index in [0.717, 1.165) is 19.2 Å². The number of hydrogen-bond donors (Lipinski definition) is 0. The first kappa shape index (κ1) is 13.3. The topological polar surface area (TPSA) is 118 Å². The van der Waals surface area contributed by atoms with Crippen molar-refractivity contribution >= 4 is 35.0 Å². The van der Waals surface area contributed by atoms with E-state index in [0.29, 0.717) is 4.90 Å². The summed E-state index contributed by atoms with van der Waals surface area (Å²) < 4.78 is 0. The predicted molar refractivity (Wildman–Crippen MR) is 63.4 cm³/mol. The highest BCUT2D eigenvalue weighted by molar-refractivity contribution is 6.62. The van der Waals surface area contributed by atoms with Gasteiger partial charge in [-0.1, -0.05) is 12.1 Å². The number of piperazine rings is 1. The van der Waals surface area contributed by atoms with E-state index in [9.17, 15) is 29.3 Å². The monoisotopic (exact) mass is 277 g/mol. The van der Waals surface area contributed by atoms with Crippen molar-refractivity contribution in [2.45, 2.75) is 0 Å². The van der Waals surface area contributed by atoms with E-state index in [-0.39, 0.29) is 4.90 Å². The molecular weight excluding hydrogens is 270 g/mol. The van der Waals surface area contributed by atoms with Crippen molar-refractivity contribution in [3.8, 4) is 0 Å². The average Bonchev–Trinajstić information content (AvgIpc) is 2.43. The van der Waals surface area contributed by atoms with E-state index in [2.05, 4.69) is 0 Å². The zero-order valence-corrected chi connectivity index (χ0v) is 10.1. The van der Waals surface area contributed by atoms with E-state index < -0.39 is 39.9 Å². The van der Waals surface area contributed by atoms with Gasteiger partial charge in [0.1, 0.15) is 5.69 Å². The second-order valence-electron chi connectivity index (χ2n) is 3.86. The number of nitro groups is 1. The summed E-state index contributed by atoms with van der Waals surface area (Å²) in [6, 6.07) is 4.84. The molecule has 1 aromatic carbocycles. The van der Waals surface area contributed by atoms with Crippen LogP contribution in [-0.2, 0) is 19.2 Å². The van der Waals surface area contributed by atoms with Crippen LogP contribution in [-0.4, -0.2) is 40.5 Å². The van der Waals surface area contributed by atoms with Crippen LogP contribution in [0.3, 0.4) is 0 Å². The lowest BCUT2D eigenvalue weighted by molar-refractivity contribution is -0.384. The molecule has 1 aliphatic rings. The summed E-state index contributed by atoms with van der Waals surface area (Å²) in [6.45, 7) is 0. The fourth-order valence-corrected chi connectivity index (χ4v) is 1.69. The minimum atomic E-state index is -1.31. The first-order chi connectivity index (χ1) is 9.36. The summed E-state index contributed by atoms with van der Waals surface area (Å²) in [4.78, 5) is 57.3. The molecule has 1 saturated heterocycles. The van der Waals surface area contributed by atoms with Gasteiger partial charge in [-0.3, -0.25) is 34.2 Å². The van der Waals surface area contributed by atoms with Gasteiger partial charge in [-0.15, -0.1) is 0 Å². The first-order valence-corrected chi connectivity index (χ1v) is 5.30. The van der Waals surface area contributed by atoms with Crippen molar-refractivity contribution in [3.63, 3.8) is 0 Å². The molecular formula is C11H7N3O6. The van der Waals surface area contributed by atoms with Gasteiger partial charge in [0.25, 0.3) is 5.69 Å². The Hall–Kier alpha value is -3.10. The molecule has 9 heteroatoms. The quantitative estimate of drug-likeness (QED) is 0.310. The number of nitro benzene ring substituents is 1. The number of para-hydroxylation sites is 2. The third kappa shape index (κ3) is 1.81. The van der Waals surface area contributed by atoms with E-state index in [4.69, 9.17) is 0 Å². The Labute approximate surface area is 111 Å². The number of rotatable bonds is 2. The Morgan fingerprint density at radius 2 is 1.45 bits per heavy atom. The van der Waals surface area contributed by atoms with Gasteiger partial charge in [0, 0.05) is 13.1 Å². The maximum Gasteiger partial charge on any atom is 0.324 e. The smallest absolute Gasteiger partial charge is 0.269 e. The second-order valence-corrected chi connectivity index (χ2v) is 3.86. The number of amides is 4. The summed E-state index contributed by atoms with van der Waals surface area (Å²) in [5, 5.41) is 10.9. The fraction of sp³-hybridized carbons (Fsp3) is 0.0909. The number of likely N-dealkylation sites (N-methyl/N-ethyl adjacent to an activating group) is 1. The van der Waals surface area contributed by atoms with Crippen LogP contribution in [0.2, 0.25) is 0 Å². The number of carbonyl (C=O) groups excluding carboxylic acids is 4. The highest BCUT2D eigenvalue weighted by atomic mass is 16.6. The zero-order valence-electron chi connectivity index (χ0n) is 10.1. The lowest BCUT2D eigenvalue weighted by atomic mass is 10.2. The molecule has 2 rings (SSSR count). The molecule has 0 unspecified atom stereocenters. The van der Waals surface area contributed by atoms with Gasteiger partial charge in [-0.05, 0) is 6.07 Å². The summed E-state index contributed by atoms with van der Waals surface area (Å²) in [5.41, 5.74) is -0.971. The van der Waals surface area contributed by atoms with Crippen LogP contribution in [0.25, 0.3) is 0 Å². The SMILES string of the molecule is CN1C(=O)C(=O)N(c2ccccc2[N+](=O)[O-])C(=O)C1=O. The van der Waals surface area contributed by atoms with Gasteiger partial charge in [-0.2, -0.15) is 0 Å². The molecule has 0 bridgehead atoms. The number of imide groups is 2. The highest BCUT2D eigenvalue weighted by Crippen LogP contribution is 2.29. The average molecular weight is 277 g/mol. The van der Waals surface area contributed by atoms with Crippen molar-refractivity contribution in [1.29, 1.82) is 0 Å². The lowest BCUT2D eigenvalue weighted by Crippen LogP contribution is -2.59. The highest BCUT2D eigenvalue weighted by Gasteiger charge is 2.45. The second kappa shape index (κ2) is 4.53. The zero-order chi connectivity index (χ0) is 15.0. The Balaban J connectivity index is 2.60. The molecule has 0 aromatic heterocycles. The maximum atomic E-state index is 11.8. The largest absolute Gasteiger partial charge is 0.324 e. The van der Waals surface area contributed by atoms with Gasteiger partial charge >= 0.3 is 23.6 Å². The van der Waals surface area contributed by atoms with Crippen molar-refractivity contribution in [2.75, 3.05) is 11.9 Å². The van der Waals surface area contributed by atoms with E-state index in [1.807, 2.05) is 0 Å². The third-order valence-corrected chi connectivity index (χ3v) is 2.70. The van der Waals surface area contributed by atoms with E-state index in [1.54, 1.807) is 0 Å². The lowest BCUT2D eigenvalue weighted by Gasteiger charge is -2.27. The van der Waals surface area contributed by atoms with Gasteiger partial charge in [-0.25, -0.2) is 4.90 Å². The summed E-state index contributed by atoms with van der Waals surface area (Å²) in [7, 11) is 0.983. The van der Waals surface area contributed by atoms with Crippen LogP contribution in [0.4, 0.5) is 11.4 Å². The van der Waals surface area contributed by atoms with Crippen LogP contribution in [0.15, 0.2) is 24.3 Å².